The van der Waals surface area contributed by atoms with Crippen LogP contribution in [0.15, 0.2) is 42.5 Å². The van der Waals surface area contributed by atoms with Gasteiger partial charge in [0.1, 0.15) is 5.75 Å². The van der Waals surface area contributed by atoms with Gasteiger partial charge < -0.3 is 21.1 Å². The normalized spacial score (nSPS) is 28.4. The molecule has 5 N–H and O–H groups in total. The maximum Gasteiger partial charge on any atom is 0.221 e. The smallest absolute Gasteiger partial charge is 0.221 e. The van der Waals surface area contributed by atoms with E-state index in [-0.39, 0.29) is 36.3 Å². The standard InChI is InChI=1S/C30H40N2O4/c1-19(7-20-3-2-4-21(8-20)12-29(31)36)32(17-28(35)25-5-6-27(34)26(13-25)18-33)30-14-22-9-23(15-30)11-24(10-22)16-30/h2-6,8,13,19,22-24,28,33-35H,7,9-12,14-18H2,1H3,(H2,31,36)/t19-,22?,23?,24?,28+,30?/m1/s1. The minimum absolute atomic E-state index is 0.0515. The molecule has 2 atom stereocenters. The van der Waals surface area contributed by atoms with E-state index in [0.717, 1.165) is 35.3 Å². The summed E-state index contributed by atoms with van der Waals surface area (Å²) in [5, 5.41) is 31.0. The molecule has 6 heteroatoms. The second kappa shape index (κ2) is 10.2. The highest BCUT2D eigenvalue weighted by molar-refractivity contribution is 5.76. The van der Waals surface area contributed by atoms with Gasteiger partial charge in [0, 0.05) is 23.7 Å². The lowest BCUT2D eigenvalue weighted by Gasteiger charge is -2.62. The molecule has 2 aromatic carbocycles. The topological polar surface area (TPSA) is 107 Å². The zero-order valence-electron chi connectivity index (χ0n) is 21.3. The Balaban J connectivity index is 1.42. The number of nitrogens with two attached hydrogens (primary N) is 1. The molecule has 2 aromatic rings. The Morgan fingerprint density at radius 1 is 1.06 bits per heavy atom. The van der Waals surface area contributed by atoms with Gasteiger partial charge >= 0.3 is 0 Å². The summed E-state index contributed by atoms with van der Waals surface area (Å²) in [7, 11) is 0. The molecule has 0 aliphatic heterocycles. The zero-order chi connectivity index (χ0) is 25.4. The summed E-state index contributed by atoms with van der Waals surface area (Å²) in [4.78, 5) is 14.0. The summed E-state index contributed by atoms with van der Waals surface area (Å²) in [6.45, 7) is 2.52. The molecule has 4 saturated carbocycles. The van der Waals surface area contributed by atoms with Gasteiger partial charge in [-0.1, -0.05) is 30.3 Å². The number of β-amino-alcohol motifs (C(OH)–C–C–N with tert-alkyl or cyclic N) is 1. The predicted octanol–water partition coefficient (Wildman–Crippen LogP) is 3.85. The van der Waals surface area contributed by atoms with Crippen LogP contribution in [0.5, 0.6) is 5.75 Å². The van der Waals surface area contributed by atoms with Gasteiger partial charge in [-0.25, -0.2) is 0 Å². The number of phenols is 1. The summed E-state index contributed by atoms with van der Waals surface area (Å²) in [5.74, 6) is 2.09. The van der Waals surface area contributed by atoms with Gasteiger partial charge in [0.25, 0.3) is 0 Å². The van der Waals surface area contributed by atoms with E-state index in [1.165, 1.54) is 44.1 Å². The van der Waals surface area contributed by atoms with Crippen LogP contribution in [0, 0.1) is 17.8 Å². The highest BCUT2D eigenvalue weighted by Gasteiger charge is 2.54. The molecule has 194 valence electrons. The Morgan fingerprint density at radius 3 is 2.31 bits per heavy atom. The van der Waals surface area contributed by atoms with E-state index >= 15 is 0 Å². The molecule has 0 aromatic heterocycles. The molecule has 0 unspecified atom stereocenters. The molecule has 4 aliphatic rings. The number of primary amides is 1. The van der Waals surface area contributed by atoms with E-state index in [9.17, 15) is 20.1 Å². The number of nitrogens with zero attached hydrogens (tertiary/aromatic N) is 1. The third-order valence-corrected chi connectivity index (χ3v) is 9.08. The van der Waals surface area contributed by atoms with Crippen LogP contribution in [0.25, 0.3) is 0 Å². The van der Waals surface area contributed by atoms with Crippen molar-refractivity contribution in [2.45, 2.75) is 82.6 Å². The number of aliphatic hydroxyl groups excluding tert-OH is 2. The van der Waals surface area contributed by atoms with Gasteiger partial charge in [-0.15, -0.1) is 0 Å². The van der Waals surface area contributed by atoms with Crippen molar-refractivity contribution >= 4 is 5.91 Å². The molecule has 4 fully saturated rings. The molecule has 0 heterocycles. The average molecular weight is 493 g/mol. The van der Waals surface area contributed by atoms with E-state index in [4.69, 9.17) is 5.73 Å². The van der Waals surface area contributed by atoms with Crippen molar-refractivity contribution in [2.24, 2.45) is 23.5 Å². The maximum atomic E-state index is 11.4. The van der Waals surface area contributed by atoms with E-state index in [1.54, 1.807) is 18.2 Å². The van der Waals surface area contributed by atoms with Crippen molar-refractivity contribution in [3.05, 3.63) is 64.7 Å². The Morgan fingerprint density at radius 2 is 1.69 bits per heavy atom. The largest absolute Gasteiger partial charge is 0.508 e. The van der Waals surface area contributed by atoms with Gasteiger partial charge in [0.2, 0.25) is 5.91 Å². The lowest BCUT2D eigenvalue weighted by molar-refractivity contribution is -0.117. The van der Waals surface area contributed by atoms with E-state index in [2.05, 4.69) is 24.0 Å². The zero-order valence-corrected chi connectivity index (χ0v) is 21.3. The molecule has 0 spiro atoms. The number of amides is 1. The van der Waals surface area contributed by atoms with Crippen molar-refractivity contribution in [1.29, 1.82) is 0 Å². The molecule has 6 rings (SSSR count). The summed E-state index contributed by atoms with van der Waals surface area (Å²) in [6.07, 6.45) is 8.05. The minimum atomic E-state index is -0.715. The lowest BCUT2D eigenvalue weighted by atomic mass is 9.52. The van der Waals surface area contributed by atoms with Crippen LogP contribution < -0.4 is 5.73 Å². The van der Waals surface area contributed by atoms with Crippen molar-refractivity contribution < 1.29 is 20.1 Å². The Kier molecular flexibility index (Phi) is 7.12. The fourth-order valence-electron chi connectivity index (χ4n) is 8.01. The van der Waals surface area contributed by atoms with Gasteiger partial charge in [-0.05, 0) is 98.4 Å². The third-order valence-electron chi connectivity index (χ3n) is 9.08. The van der Waals surface area contributed by atoms with Crippen LogP contribution in [0.2, 0.25) is 0 Å². The number of rotatable bonds is 10. The first-order valence-electron chi connectivity index (χ1n) is 13.5. The lowest BCUT2D eigenvalue weighted by Crippen LogP contribution is -2.63. The quantitative estimate of drug-likeness (QED) is 0.403. The first-order valence-corrected chi connectivity index (χ1v) is 13.5. The second-order valence-electron chi connectivity index (χ2n) is 11.9. The number of carbonyl (C=O) groups is 1. The second-order valence-corrected chi connectivity index (χ2v) is 11.9. The van der Waals surface area contributed by atoms with E-state index < -0.39 is 6.10 Å². The summed E-state index contributed by atoms with van der Waals surface area (Å²) >= 11 is 0. The van der Waals surface area contributed by atoms with E-state index in [0.29, 0.717) is 12.1 Å². The first kappa shape index (κ1) is 25.2. The summed E-state index contributed by atoms with van der Waals surface area (Å²) in [5.41, 5.74) is 8.81. The van der Waals surface area contributed by atoms with Gasteiger partial charge in [-0.3, -0.25) is 9.69 Å². The molecule has 4 aliphatic carbocycles. The average Bonchev–Trinajstić information content (AvgIpc) is 2.81. The molecular formula is C30H40N2O4. The number of aromatic hydroxyl groups is 1. The fraction of sp³-hybridized carbons (Fsp3) is 0.567. The molecule has 0 saturated heterocycles. The van der Waals surface area contributed by atoms with Crippen molar-refractivity contribution in [3.63, 3.8) is 0 Å². The number of hydrogen-bond acceptors (Lipinski definition) is 5. The van der Waals surface area contributed by atoms with Crippen molar-refractivity contribution in [1.82, 2.24) is 4.90 Å². The fourth-order valence-corrected chi connectivity index (χ4v) is 8.01. The highest BCUT2D eigenvalue weighted by atomic mass is 16.3. The van der Waals surface area contributed by atoms with Crippen LogP contribution in [0.3, 0.4) is 0 Å². The number of hydrogen-bond donors (Lipinski definition) is 4. The number of aliphatic hydroxyl groups is 2. The first-order chi connectivity index (χ1) is 17.2. The van der Waals surface area contributed by atoms with Gasteiger partial charge in [-0.2, -0.15) is 0 Å². The maximum absolute atomic E-state index is 11.4. The van der Waals surface area contributed by atoms with Crippen molar-refractivity contribution in [3.8, 4) is 5.75 Å². The van der Waals surface area contributed by atoms with Crippen LogP contribution in [0.4, 0.5) is 0 Å². The number of benzene rings is 2. The summed E-state index contributed by atoms with van der Waals surface area (Å²) < 4.78 is 0. The monoisotopic (exact) mass is 492 g/mol. The third kappa shape index (κ3) is 5.17. The Hall–Kier alpha value is -2.41. The highest BCUT2D eigenvalue weighted by Crippen LogP contribution is 2.58. The van der Waals surface area contributed by atoms with Gasteiger partial charge in [0.05, 0.1) is 19.1 Å². The molecule has 6 nitrogen and oxygen atoms in total. The molecule has 0 radical (unpaired) electrons. The van der Waals surface area contributed by atoms with E-state index in [1.807, 2.05) is 12.1 Å². The molecule has 1 amide bonds. The van der Waals surface area contributed by atoms with Crippen LogP contribution >= 0.6 is 0 Å². The van der Waals surface area contributed by atoms with Gasteiger partial charge in [0.15, 0.2) is 0 Å². The van der Waals surface area contributed by atoms with Crippen molar-refractivity contribution in [2.75, 3.05) is 6.54 Å². The molecule has 36 heavy (non-hydrogen) atoms. The number of carbonyl (C=O) groups excluding carboxylic acids is 1. The van der Waals surface area contributed by atoms with Crippen LogP contribution in [-0.2, 0) is 24.2 Å². The predicted molar refractivity (Wildman–Crippen MR) is 139 cm³/mol. The van der Waals surface area contributed by atoms with Crippen LogP contribution in [0.1, 0.15) is 73.8 Å². The SMILES string of the molecule is C[C@H](Cc1cccc(CC(N)=O)c1)N(C[C@H](O)c1ccc(O)c(CO)c1)C12CC3CC(CC(C3)C1)C2. The summed E-state index contributed by atoms with van der Waals surface area (Å²) in [6, 6.07) is 13.4. The molecular weight excluding hydrogens is 452 g/mol. The Labute approximate surface area is 214 Å². The minimum Gasteiger partial charge on any atom is -0.508 e. The molecule has 4 bridgehead atoms. The van der Waals surface area contributed by atoms with Crippen LogP contribution in [-0.4, -0.2) is 44.3 Å². The Bertz CT molecular complexity index is 1060.